The lowest BCUT2D eigenvalue weighted by Crippen LogP contribution is -2.39. The second kappa shape index (κ2) is 7.19. The van der Waals surface area contributed by atoms with Crippen molar-refractivity contribution in [2.45, 2.75) is 32.5 Å². The lowest BCUT2D eigenvalue weighted by molar-refractivity contribution is 0.103. The van der Waals surface area contributed by atoms with E-state index in [1.165, 1.54) is 0 Å². The van der Waals surface area contributed by atoms with Gasteiger partial charge >= 0.3 is 0 Å². The van der Waals surface area contributed by atoms with Crippen molar-refractivity contribution in [3.63, 3.8) is 0 Å². The van der Waals surface area contributed by atoms with Gasteiger partial charge in [0.15, 0.2) is 0 Å². The summed E-state index contributed by atoms with van der Waals surface area (Å²) in [5.41, 5.74) is 5.07. The number of H-pyrrole nitrogens is 1. The van der Waals surface area contributed by atoms with Crippen LogP contribution in [-0.4, -0.2) is 25.6 Å². The predicted molar refractivity (Wildman–Crippen MR) is 113 cm³/mol. The molecule has 0 saturated carbocycles. The molecule has 0 spiro atoms. The fourth-order valence-corrected chi connectivity index (χ4v) is 3.18. The van der Waals surface area contributed by atoms with Gasteiger partial charge in [-0.05, 0) is 50.6 Å². The van der Waals surface area contributed by atoms with Crippen molar-refractivity contribution in [3.8, 4) is 22.5 Å². The van der Waals surface area contributed by atoms with Gasteiger partial charge in [-0.15, -0.1) is 0 Å². The Kier molecular flexibility index (Phi) is 4.71. The molecule has 0 radical (unpaired) electrons. The summed E-state index contributed by atoms with van der Waals surface area (Å²) < 4.78 is 0. The van der Waals surface area contributed by atoms with Crippen molar-refractivity contribution in [2.24, 2.45) is 0 Å². The van der Waals surface area contributed by atoms with Crippen LogP contribution in [0.5, 0.6) is 0 Å². The Hall–Kier alpha value is -3.02. The first kappa shape index (κ1) is 18.3. The summed E-state index contributed by atoms with van der Waals surface area (Å²) in [4.78, 5) is 12.6. The number of rotatable bonds is 4. The molecule has 3 aromatic heterocycles. The van der Waals surface area contributed by atoms with Gasteiger partial charge in [0, 0.05) is 28.4 Å². The minimum Gasteiger partial charge on any atom is -0.373 e. The number of benzene rings is 1. The highest BCUT2D eigenvalue weighted by Gasteiger charge is 2.18. The fourth-order valence-electron chi connectivity index (χ4n) is 3.18. The van der Waals surface area contributed by atoms with Crippen LogP contribution in [0.4, 0.5) is 0 Å². The summed E-state index contributed by atoms with van der Waals surface area (Å²) >= 11 is 0. The Bertz CT molecular complexity index is 1100. The minimum absolute atomic E-state index is 0.212. The molecule has 0 aliphatic carbocycles. The molecule has 5 heteroatoms. The second-order valence-electron chi connectivity index (χ2n) is 7.96. The highest BCUT2D eigenvalue weighted by molar-refractivity contribution is 5.86. The van der Waals surface area contributed by atoms with Crippen LogP contribution in [0.2, 0.25) is 0 Å². The van der Waals surface area contributed by atoms with Crippen LogP contribution in [0, 0.1) is 0 Å². The molecule has 4 rings (SSSR count). The summed E-state index contributed by atoms with van der Waals surface area (Å²) in [6.45, 7) is 6.02. The molecule has 0 saturated heterocycles. The molecule has 3 N–H and O–H groups in total. The van der Waals surface area contributed by atoms with Crippen molar-refractivity contribution in [1.29, 1.82) is 0 Å². The molecule has 142 valence electrons. The molecule has 3 heterocycles. The normalized spacial score (nSPS) is 13.0. The summed E-state index contributed by atoms with van der Waals surface area (Å²) in [5, 5.41) is 14.6. The number of pyridine rings is 2. The molecule has 0 fully saturated rings. The number of aliphatic hydroxyl groups is 1. The van der Waals surface area contributed by atoms with Gasteiger partial charge in [0.25, 0.3) is 0 Å². The van der Waals surface area contributed by atoms with Crippen LogP contribution >= 0.6 is 0 Å². The van der Waals surface area contributed by atoms with Gasteiger partial charge in [-0.3, -0.25) is 5.32 Å². The maximum absolute atomic E-state index is 10.4. The average Bonchev–Trinajstić information content (AvgIpc) is 3.11. The van der Waals surface area contributed by atoms with Crippen molar-refractivity contribution in [2.75, 3.05) is 0 Å². The van der Waals surface area contributed by atoms with E-state index in [2.05, 4.69) is 44.5 Å². The van der Waals surface area contributed by atoms with E-state index in [-0.39, 0.29) is 5.54 Å². The number of aromatic amines is 1. The number of nitrogens with one attached hydrogen (secondary N) is 2. The number of hydrogen-bond donors (Lipinski definition) is 3. The second-order valence-corrected chi connectivity index (χ2v) is 7.96. The maximum Gasteiger partial charge on any atom is 0.148 e. The monoisotopic (exact) mass is 372 g/mol. The van der Waals surface area contributed by atoms with E-state index in [0.717, 1.165) is 33.5 Å². The molecule has 4 aromatic rings. The Balaban J connectivity index is 1.67. The van der Waals surface area contributed by atoms with Crippen molar-refractivity contribution >= 4 is 11.0 Å². The Morgan fingerprint density at radius 2 is 1.75 bits per heavy atom. The maximum atomic E-state index is 10.4. The minimum atomic E-state index is -0.825. The van der Waals surface area contributed by atoms with Crippen LogP contribution in [0.25, 0.3) is 33.5 Å². The molecular formula is C23H24N4O. The number of nitrogens with zero attached hydrogens (tertiary/aromatic N) is 2. The first-order valence-electron chi connectivity index (χ1n) is 9.36. The first-order chi connectivity index (χ1) is 13.4. The standard InChI is InChI=1S/C23H24N4O/c1-23(2,3)27-22(28)19-11-7-10-18(25-19)17-12-16-13-20(26-21(16)24-14-17)15-8-5-4-6-9-15/h4-14,22,27-28H,1-3H3,(H,24,26). The topological polar surface area (TPSA) is 73.8 Å². The van der Waals surface area contributed by atoms with E-state index < -0.39 is 6.23 Å². The summed E-state index contributed by atoms with van der Waals surface area (Å²) in [6.07, 6.45) is 0.983. The van der Waals surface area contributed by atoms with E-state index in [4.69, 9.17) is 0 Å². The van der Waals surface area contributed by atoms with Crippen LogP contribution in [0.3, 0.4) is 0 Å². The number of aromatic nitrogens is 3. The molecule has 0 amide bonds. The SMILES string of the molecule is CC(C)(C)NC(O)c1cccc(-c2cnc3[nH]c(-c4ccccc4)cc3c2)n1. The molecule has 5 nitrogen and oxygen atoms in total. The van der Waals surface area contributed by atoms with Gasteiger partial charge in [-0.1, -0.05) is 36.4 Å². The third-order valence-corrected chi connectivity index (χ3v) is 4.47. The third-order valence-electron chi connectivity index (χ3n) is 4.47. The predicted octanol–water partition coefficient (Wildman–Crippen LogP) is 4.67. The van der Waals surface area contributed by atoms with Gasteiger partial charge in [0.05, 0.1) is 11.4 Å². The molecule has 1 aromatic carbocycles. The molecular weight excluding hydrogens is 348 g/mol. The summed E-state index contributed by atoms with van der Waals surface area (Å²) in [6, 6.07) is 20.0. The Morgan fingerprint density at radius 3 is 2.50 bits per heavy atom. The van der Waals surface area contributed by atoms with E-state index in [0.29, 0.717) is 5.69 Å². The van der Waals surface area contributed by atoms with Crippen LogP contribution < -0.4 is 5.32 Å². The number of aliphatic hydroxyl groups excluding tert-OH is 1. The van der Waals surface area contributed by atoms with Crippen molar-refractivity contribution in [1.82, 2.24) is 20.3 Å². The van der Waals surface area contributed by atoms with Crippen molar-refractivity contribution in [3.05, 3.63) is 72.6 Å². The zero-order valence-corrected chi connectivity index (χ0v) is 16.3. The molecule has 0 bridgehead atoms. The quantitative estimate of drug-likeness (QED) is 0.455. The van der Waals surface area contributed by atoms with E-state index in [1.54, 1.807) is 0 Å². The zero-order chi connectivity index (χ0) is 19.7. The highest BCUT2D eigenvalue weighted by atomic mass is 16.3. The van der Waals surface area contributed by atoms with Gasteiger partial charge in [0.2, 0.25) is 0 Å². The summed E-state index contributed by atoms with van der Waals surface area (Å²) in [7, 11) is 0. The van der Waals surface area contributed by atoms with Crippen LogP contribution in [0.1, 0.15) is 32.7 Å². The molecule has 28 heavy (non-hydrogen) atoms. The fraction of sp³-hybridized carbons (Fsp3) is 0.217. The lowest BCUT2D eigenvalue weighted by Gasteiger charge is -2.24. The smallest absolute Gasteiger partial charge is 0.148 e. The lowest BCUT2D eigenvalue weighted by atomic mass is 10.1. The summed E-state index contributed by atoms with van der Waals surface area (Å²) in [5.74, 6) is 0. The van der Waals surface area contributed by atoms with E-state index >= 15 is 0 Å². The van der Waals surface area contributed by atoms with Gasteiger partial charge in [-0.2, -0.15) is 0 Å². The van der Waals surface area contributed by atoms with Crippen LogP contribution in [-0.2, 0) is 0 Å². The van der Waals surface area contributed by atoms with Crippen LogP contribution in [0.15, 0.2) is 66.9 Å². The van der Waals surface area contributed by atoms with E-state index in [9.17, 15) is 5.11 Å². The molecule has 1 atom stereocenters. The number of hydrogen-bond acceptors (Lipinski definition) is 4. The Labute approximate surface area is 164 Å². The average molecular weight is 372 g/mol. The largest absolute Gasteiger partial charge is 0.373 e. The highest BCUT2D eigenvalue weighted by Crippen LogP contribution is 2.27. The number of fused-ring (bicyclic) bond motifs is 1. The first-order valence-corrected chi connectivity index (χ1v) is 9.36. The molecule has 1 unspecified atom stereocenters. The van der Waals surface area contributed by atoms with Gasteiger partial charge in [0.1, 0.15) is 11.9 Å². The molecule has 0 aliphatic rings. The van der Waals surface area contributed by atoms with Crippen molar-refractivity contribution < 1.29 is 5.11 Å². The zero-order valence-electron chi connectivity index (χ0n) is 16.3. The Morgan fingerprint density at radius 1 is 0.964 bits per heavy atom. The van der Waals surface area contributed by atoms with Gasteiger partial charge < -0.3 is 10.1 Å². The molecule has 0 aliphatic heterocycles. The van der Waals surface area contributed by atoms with E-state index in [1.807, 2.05) is 63.4 Å². The van der Waals surface area contributed by atoms with Gasteiger partial charge in [-0.25, -0.2) is 9.97 Å². The third kappa shape index (κ3) is 3.96.